The van der Waals surface area contributed by atoms with Crippen LogP contribution in [0.4, 0.5) is 4.39 Å². The Morgan fingerprint density at radius 3 is 2.89 bits per heavy atom. The summed E-state index contributed by atoms with van der Waals surface area (Å²) in [5.74, 6) is -3.03. The van der Waals surface area contributed by atoms with Crippen molar-refractivity contribution in [3.05, 3.63) is 27.4 Å². The number of halogens is 1. The van der Waals surface area contributed by atoms with Gasteiger partial charge < -0.3 is 20.1 Å². The number of H-pyrrole nitrogens is 1. The molecule has 1 aliphatic rings. The van der Waals surface area contributed by atoms with Crippen LogP contribution in [0.15, 0.2) is 17.1 Å². The molecule has 7 nitrogen and oxygen atoms in total. The van der Waals surface area contributed by atoms with Crippen molar-refractivity contribution in [2.75, 3.05) is 6.61 Å². The maximum absolute atomic E-state index is 13.9. The van der Waals surface area contributed by atoms with Gasteiger partial charge in [-0.1, -0.05) is 12.2 Å². The van der Waals surface area contributed by atoms with E-state index in [1.165, 1.54) is 6.07 Å². The lowest BCUT2D eigenvalue weighted by Crippen LogP contribution is -2.42. The van der Waals surface area contributed by atoms with E-state index in [4.69, 9.17) is 18.7 Å². The standard InChI is InChI=1S/C9H11FN2O5S/c10-9(3-13)6(15)5(14)7(17-9)12-2-1-4(18)11-8(12)16/h1-2,5-7,13-15H,3H2,(H,11,16,18)/t5-,6+,7-,9-/m1/s1/i7D. The minimum absolute atomic E-state index is 0.0755. The SMILES string of the molecule is [2H][C@@]1(n2ccc(=S)[nH]c2=O)O[C@](F)(CO)[C@@H](O)[C@H]1O. The predicted octanol–water partition coefficient (Wildman–Crippen LogP) is -1.19. The number of aliphatic hydroxyl groups excluding tert-OH is 3. The van der Waals surface area contributed by atoms with E-state index < -0.39 is 36.6 Å². The normalized spacial score (nSPS) is 40.8. The summed E-state index contributed by atoms with van der Waals surface area (Å²) in [6.45, 7) is -1.27. The number of hydrogen-bond donors (Lipinski definition) is 4. The summed E-state index contributed by atoms with van der Waals surface area (Å²) < 4.78 is 27.0. The number of nitrogens with zero attached hydrogens (tertiary/aromatic N) is 1. The van der Waals surface area contributed by atoms with Crippen LogP contribution in [-0.2, 0) is 4.74 Å². The van der Waals surface area contributed by atoms with Gasteiger partial charge in [0.1, 0.15) is 23.5 Å². The molecule has 4 N–H and O–H groups in total. The molecular formula is C9H11FN2O5S. The van der Waals surface area contributed by atoms with Gasteiger partial charge in [-0.25, -0.2) is 9.18 Å². The molecule has 0 unspecified atom stereocenters. The van der Waals surface area contributed by atoms with Crippen molar-refractivity contribution in [3.63, 3.8) is 0 Å². The van der Waals surface area contributed by atoms with E-state index in [9.17, 15) is 19.4 Å². The van der Waals surface area contributed by atoms with Gasteiger partial charge in [-0.2, -0.15) is 0 Å². The molecule has 0 amide bonds. The van der Waals surface area contributed by atoms with Crippen LogP contribution < -0.4 is 5.69 Å². The molecule has 18 heavy (non-hydrogen) atoms. The zero-order valence-electron chi connectivity index (χ0n) is 9.91. The summed E-state index contributed by atoms with van der Waals surface area (Å²) in [5.41, 5.74) is -0.920. The van der Waals surface area contributed by atoms with E-state index >= 15 is 0 Å². The Bertz CT molecular complexity index is 609. The molecule has 0 saturated carbocycles. The van der Waals surface area contributed by atoms with E-state index in [1.54, 1.807) is 0 Å². The molecule has 0 aliphatic carbocycles. The van der Waals surface area contributed by atoms with Gasteiger partial charge in [0.25, 0.3) is 5.85 Å². The predicted molar refractivity (Wildman–Crippen MR) is 58.9 cm³/mol. The van der Waals surface area contributed by atoms with Gasteiger partial charge in [0.05, 0.1) is 1.37 Å². The van der Waals surface area contributed by atoms with Crippen LogP contribution in [-0.4, -0.2) is 49.5 Å². The summed E-state index contributed by atoms with van der Waals surface area (Å²) in [4.78, 5) is 13.8. The first-order chi connectivity index (χ1) is 8.74. The van der Waals surface area contributed by atoms with Gasteiger partial charge in [-0.3, -0.25) is 9.55 Å². The maximum Gasteiger partial charge on any atom is 0.328 e. The Balaban J connectivity index is 2.55. The molecule has 0 bridgehead atoms. The number of hydrogen-bond acceptors (Lipinski definition) is 6. The molecule has 1 saturated heterocycles. The number of rotatable bonds is 2. The summed E-state index contributed by atoms with van der Waals surface area (Å²) >= 11 is 4.69. The van der Waals surface area contributed by atoms with Gasteiger partial charge in [-0.05, 0) is 6.07 Å². The molecule has 2 rings (SSSR count). The summed E-state index contributed by atoms with van der Waals surface area (Å²) in [7, 11) is 0. The average Bonchev–Trinajstić information content (AvgIpc) is 2.52. The fourth-order valence-electron chi connectivity index (χ4n) is 1.57. The molecule has 1 aromatic heterocycles. The first-order valence-electron chi connectivity index (χ1n) is 5.43. The van der Waals surface area contributed by atoms with E-state index in [2.05, 4.69) is 9.72 Å². The largest absolute Gasteiger partial charge is 0.390 e. The molecule has 1 fully saturated rings. The number of aromatic nitrogens is 2. The number of alkyl halides is 1. The Morgan fingerprint density at radius 1 is 1.72 bits per heavy atom. The van der Waals surface area contributed by atoms with Gasteiger partial charge in [0.2, 0.25) is 0 Å². The van der Waals surface area contributed by atoms with Crippen LogP contribution in [0.5, 0.6) is 0 Å². The fraction of sp³-hybridized carbons (Fsp3) is 0.556. The lowest BCUT2D eigenvalue weighted by atomic mass is 10.1. The minimum atomic E-state index is -3.03. The third-order valence-electron chi connectivity index (χ3n) is 2.54. The lowest BCUT2D eigenvalue weighted by molar-refractivity contribution is -0.207. The molecular weight excluding hydrogens is 267 g/mol. The number of aliphatic hydroxyl groups is 3. The van der Waals surface area contributed by atoms with Crippen molar-refractivity contribution in [3.8, 4) is 0 Å². The van der Waals surface area contributed by atoms with Crippen molar-refractivity contribution < 1.29 is 25.8 Å². The first-order valence-corrected chi connectivity index (χ1v) is 5.34. The second kappa shape index (κ2) is 4.52. The third kappa shape index (κ3) is 1.99. The van der Waals surface area contributed by atoms with Crippen LogP contribution in [0.2, 0.25) is 0 Å². The summed E-state index contributed by atoms with van der Waals surface area (Å²) in [6.07, 6.45) is -5.85. The first kappa shape index (κ1) is 11.9. The smallest absolute Gasteiger partial charge is 0.328 e. The van der Waals surface area contributed by atoms with Crippen molar-refractivity contribution in [1.29, 1.82) is 0 Å². The van der Waals surface area contributed by atoms with E-state index in [1.807, 2.05) is 0 Å². The zero-order valence-corrected chi connectivity index (χ0v) is 9.72. The number of nitrogens with one attached hydrogen (secondary N) is 1. The molecule has 0 aromatic carbocycles. The topological polar surface area (TPSA) is 108 Å². The highest BCUT2D eigenvalue weighted by Crippen LogP contribution is 2.37. The highest BCUT2D eigenvalue weighted by atomic mass is 32.1. The van der Waals surface area contributed by atoms with Crippen molar-refractivity contribution in [1.82, 2.24) is 9.55 Å². The molecule has 0 spiro atoms. The van der Waals surface area contributed by atoms with Crippen LogP contribution in [0, 0.1) is 4.64 Å². The van der Waals surface area contributed by atoms with E-state index in [0.717, 1.165) is 6.20 Å². The lowest BCUT2D eigenvalue weighted by Gasteiger charge is -2.19. The second-order valence-corrected chi connectivity index (χ2v) is 4.19. The minimum Gasteiger partial charge on any atom is -0.390 e. The maximum atomic E-state index is 13.9. The quantitative estimate of drug-likeness (QED) is 0.507. The fourth-order valence-corrected chi connectivity index (χ4v) is 1.72. The van der Waals surface area contributed by atoms with Crippen LogP contribution in [0.25, 0.3) is 0 Å². The molecule has 4 atom stereocenters. The van der Waals surface area contributed by atoms with Gasteiger partial charge in [0, 0.05) is 6.20 Å². The van der Waals surface area contributed by atoms with Gasteiger partial charge >= 0.3 is 5.69 Å². The van der Waals surface area contributed by atoms with Gasteiger partial charge in [-0.15, -0.1) is 0 Å². The monoisotopic (exact) mass is 279 g/mol. The van der Waals surface area contributed by atoms with Crippen molar-refractivity contribution in [2.24, 2.45) is 0 Å². The third-order valence-corrected chi connectivity index (χ3v) is 2.78. The Morgan fingerprint density at radius 2 is 2.39 bits per heavy atom. The average molecular weight is 279 g/mol. The molecule has 1 aromatic rings. The summed E-state index contributed by atoms with van der Waals surface area (Å²) in [5, 5.41) is 28.0. The van der Waals surface area contributed by atoms with E-state index in [0.29, 0.717) is 4.57 Å². The van der Waals surface area contributed by atoms with Crippen LogP contribution in [0.3, 0.4) is 0 Å². The van der Waals surface area contributed by atoms with Crippen molar-refractivity contribution >= 4 is 12.2 Å². The highest BCUT2D eigenvalue weighted by molar-refractivity contribution is 7.71. The van der Waals surface area contributed by atoms with Crippen molar-refractivity contribution in [2.45, 2.75) is 24.3 Å². The Labute approximate surface area is 106 Å². The van der Waals surface area contributed by atoms with Gasteiger partial charge in [0.15, 0.2) is 6.20 Å². The molecule has 0 radical (unpaired) electrons. The zero-order chi connectivity index (χ0) is 14.4. The van der Waals surface area contributed by atoms with E-state index in [-0.39, 0.29) is 4.64 Å². The Hall–Kier alpha value is -1.13. The Kier molecular flexibility index (Phi) is 2.99. The van der Waals surface area contributed by atoms with Crippen LogP contribution in [0.1, 0.15) is 7.57 Å². The summed E-state index contributed by atoms with van der Waals surface area (Å²) in [6, 6.07) is 1.23. The second-order valence-electron chi connectivity index (χ2n) is 3.75. The number of aromatic amines is 1. The molecule has 9 heteroatoms. The highest BCUT2D eigenvalue weighted by Gasteiger charge is 2.55. The van der Waals surface area contributed by atoms with Crippen LogP contribution >= 0.6 is 12.2 Å². The molecule has 1 aliphatic heterocycles. The number of ether oxygens (including phenoxy) is 1. The molecule has 2 heterocycles. The molecule has 100 valence electrons.